The molecule has 0 aliphatic carbocycles. The molecule has 0 saturated carbocycles. The van der Waals surface area contributed by atoms with Crippen molar-refractivity contribution >= 4 is 11.4 Å². The number of nitrogens with one attached hydrogen (secondary N) is 1. The van der Waals surface area contributed by atoms with Crippen molar-refractivity contribution in [2.24, 2.45) is 0 Å². The van der Waals surface area contributed by atoms with Crippen LogP contribution in [0.4, 0.5) is 11.4 Å². The fraction of sp³-hybridized carbons (Fsp3) is 0.375. The van der Waals surface area contributed by atoms with Crippen LogP contribution in [0, 0.1) is 6.92 Å². The van der Waals surface area contributed by atoms with Gasteiger partial charge in [0.15, 0.2) is 0 Å². The van der Waals surface area contributed by atoms with E-state index in [1.54, 1.807) is 0 Å². The molecule has 0 fully saturated rings. The van der Waals surface area contributed by atoms with Crippen molar-refractivity contribution in [1.82, 2.24) is 9.97 Å². The molecule has 2 heterocycles. The van der Waals surface area contributed by atoms with Gasteiger partial charge in [-0.05, 0) is 39.0 Å². The molecule has 106 valence electrons. The van der Waals surface area contributed by atoms with E-state index < -0.39 is 0 Å². The smallest absolute Gasteiger partial charge is 0.0602 e. The predicted octanol–water partition coefficient (Wildman–Crippen LogP) is 3.24. The first kappa shape index (κ1) is 14.3. The highest BCUT2D eigenvalue weighted by atomic mass is 15.1. The lowest BCUT2D eigenvalue weighted by Crippen LogP contribution is -2.23. The lowest BCUT2D eigenvalue weighted by molar-refractivity contribution is 0.803. The van der Waals surface area contributed by atoms with Crippen LogP contribution in [0.2, 0.25) is 0 Å². The van der Waals surface area contributed by atoms with E-state index in [0.29, 0.717) is 0 Å². The summed E-state index contributed by atoms with van der Waals surface area (Å²) in [6, 6.07) is 8.28. The monoisotopic (exact) mass is 270 g/mol. The molecule has 0 aromatic carbocycles. The van der Waals surface area contributed by atoms with E-state index in [9.17, 15) is 0 Å². The molecular formula is C16H22N4. The van der Waals surface area contributed by atoms with Crippen molar-refractivity contribution in [2.45, 2.75) is 27.3 Å². The van der Waals surface area contributed by atoms with Gasteiger partial charge in [0.1, 0.15) is 0 Å². The lowest BCUT2D eigenvalue weighted by atomic mass is 10.2. The van der Waals surface area contributed by atoms with E-state index >= 15 is 0 Å². The summed E-state index contributed by atoms with van der Waals surface area (Å²) in [6.07, 6.45) is 3.76. The molecule has 20 heavy (non-hydrogen) atoms. The maximum Gasteiger partial charge on any atom is 0.0602 e. The van der Waals surface area contributed by atoms with Gasteiger partial charge in [-0.1, -0.05) is 6.07 Å². The molecule has 0 aliphatic rings. The Morgan fingerprint density at radius 3 is 2.75 bits per heavy atom. The average molecular weight is 270 g/mol. The van der Waals surface area contributed by atoms with Crippen LogP contribution in [0.25, 0.3) is 0 Å². The Morgan fingerprint density at radius 1 is 1.20 bits per heavy atom. The second kappa shape index (κ2) is 6.89. The van der Waals surface area contributed by atoms with Gasteiger partial charge in [-0.25, -0.2) is 0 Å². The first-order chi connectivity index (χ1) is 9.72. The van der Waals surface area contributed by atoms with Gasteiger partial charge in [0.2, 0.25) is 0 Å². The van der Waals surface area contributed by atoms with Crippen LogP contribution in [-0.2, 0) is 6.54 Å². The van der Waals surface area contributed by atoms with Crippen molar-refractivity contribution in [3.8, 4) is 0 Å². The van der Waals surface area contributed by atoms with Crippen LogP contribution in [0.3, 0.4) is 0 Å². The lowest BCUT2D eigenvalue weighted by Gasteiger charge is -2.23. The number of hydrogen-bond donors (Lipinski definition) is 1. The van der Waals surface area contributed by atoms with E-state index in [-0.39, 0.29) is 0 Å². The van der Waals surface area contributed by atoms with Gasteiger partial charge in [0.05, 0.1) is 36.0 Å². The summed E-state index contributed by atoms with van der Waals surface area (Å²) in [5.41, 5.74) is 4.31. The van der Waals surface area contributed by atoms with Crippen molar-refractivity contribution in [3.63, 3.8) is 0 Å². The number of anilines is 2. The van der Waals surface area contributed by atoms with Gasteiger partial charge in [-0.2, -0.15) is 0 Å². The van der Waals surface area contributed by atoms with Gasteiger partial charge in [-0.3, -0.25) is 9.97 Å². The topological polar surface area (TPSA) is 41.1 Å². The Morgan fingerprint density at radius 2 is 2.05 bits per heavy atom. The van der Waals surface area contributed by atoms with Crippen LogP contribution in [0.15, 0.2) is 36.7 Å². The van der Waals surface area contributed by atoms with Crippen LogP contribution in [-0.4, -0.2) is 23.1 Å². The molecular weight excluding hydrogens is 248 g/mol. The summed E-state index contributed by atoms with van der Waals surface area (Å²) in [7, 11) is 0. The molecule has 0 aliphatic heterocycles. The van der Waals surface area contributed by atoms with E-state index in [1.807, 2.05) is 25.4 Å². The van der Waals surface area contributed by atoms with Crippen molar-refractivity contribution < 1.29 is 0 Å². The van der Waals surface area contributed by atoms with Gasteiger partial charge in [-0.15, -0.1) is 0 Å². The first-order valence-corrected chi connectivity index (χ1v) is 7.09. The Balaban J connectivity index is 2.17. The zero-order valence-corrected chi connectivity index (χ0v) is 12.4. The molecule has 1 N–H and O–H groups in total. The minimum atomic E-state index is 0.801. The number of hydrogen-bond acceptors (Lipinski definition) is 4. The molecule has 4 nitrogen and oxygen atoms in total. The third-order valence-electron chi connectivity index (χ3n) is 3.15. The van der Waals surface area contributed by atoms with Crippen molar-refractivity contribution in [2.75, 3.05) is 23.3 Å². The van der Waals surface area contributed by atoms with Crippen molar-refractivity contribution in [1.29, 1.82) is 0 Å². The predicted molar refractivity (Wildman–Crippen MR) is 84.1 cm³/mol. The molecule has 0 spiro atoms. The molecule has 0 unspecified atom stereocenters. The summed E-state index contributed by atoms with van der Waals surface area (Å²) < 4.78 is 0. The highest BCUT2D eigenvalue weighted by Gasteiger charge is 2.07. The number of rotatable bonds is 6. The molecule has 0 amide bonds. The summed E-state index contributed by atoms with van der Waals surface area (Å²) in [4.78, 5) is 11.1. The van der Waals surface area contributed by atoms with Crippen LogP contribution in [0.5, 0.6) is 0 Å². The largest absolute Gasteiger partial charge is 0.384 e. The quantitative estimate of drug-likeness (QED) is 0.875. The van der Waals surface area contributed by atoms with Gasteiger partial charge < -0.3 is 10.2 Å². The summed E-state index contributed by atoms with van der Waals surface area (Å²) in [5.74, 6) is 0. The Bertz CT molecular complexity index is 554. The van der Waals surface area contributed by atoms with E-state index in [2.05, 4.69) is 52.2 Å². The Hall–Kier alpha value is -2.10. The van der Waals surface area contributed by atoms with Crippen LogP contribution in [0.1, 0.15) is 25.2 Å². The van der Waals surface area contributed by atoms with Crippen LogP contribution < -0.4 is 10.2 Å². The number of pyridine rings is 2. The minimum absolute atomic E-state index is 0.801. The zero-order chi connectivity index (χ0) is 14.4. The third kappa shape index (κ3) is 3.70. The average Bonchev–Trinajstić information content (AvgIpc) is 2.45. The van der Waals surface area contributed by atoms with Crippen molar-refractivity contribution in [3.05, 3.63) is 48.0 Å². The SMILES string of the molecule is CCNc1cncc(N(CC)Cc2cccc(C)n2)c1. The minimum Gasteiger partial charge on any atom is -0.384 e. The summed E-state index contributed by atoms with van der Waals surface area (Å²) >= 11 is 0. The Kier molecular flexibility index (Phi) is 4.93. The highest BCUT2D eigenvalue weighted by molar-refractivity contribution is 5.55. The standard InChI is InChI=1S/C16H22N4/c1-4-18-15-9-16(11-17-10-15)20(5-2)12-14-8-6-7-13(3)19-14/h6-11,18H,4-5,12H2,1-3H3. The third-order valence-corrected chi connectivity index (χ3v) is 3.15. The second-order valence-corrected chi connectivity index (χ2v) is 4.75. The molecule has 2 aromatic rings. The molecule has 0 saturated heterocycles. The zero-order valence-electron chi connectivity index (χ0n) is 12.4. The van der Waals surface area contributed by atoms with Gasteiger partial charge in [0, 0.05) is 18.8 Å². The van der Waals surface area contributed by atoms with E-state index in [4.69, 9.17) is 0 Å². The summed E-state index contributed by atoms with van der Waals surface area (Å²) in [5, 5.41) is 3.30. The number of aromatic nitrogens is 2. The molecule has 0 radical (unpaired) electrons. The number of nitrogens with zero attached hydrogens (tertiary/aromatic N) is 3. The fourth-order valence-corrected chi connectivity index (χ4v) is 2.17. The molecule has 2 rings (SSSR count). The second-order valence-electron chi connectivity index (χ2n) is 4.75. The first-order valence-electron chi connectivity index (χ1n) is 7.09. The van der Waals surface area contributed by atoms with Gasteiger partial charge >= 0.3 is 0 Å². The van der Waals surface area contributed by atoms with E-state index in [1.165, 1.54) is 0 Å². The Labute approximate surface area is 120 Å². The fourth-order valence-electron chi connectivity index (χ4n) is 2.17. The molecule has 2 aromatic heterocycles. The highest BCUT2D eigenvalue weighted by Crippen LogP contribution is 2.19. The number of aryl methyl sites for hydroxylation is 1. The molecule has 0 bridgehead atoms. The molecule has 0 atom stereocenters. The normalized spacial score (nSPS) is 10.3. The van der Waals surface area contributed by atoms with Gasteiger partial charge in [0.25, 0.3) is 0 Å². The summed E-state index contributed by atoms with van der Waals surface area (Å²) in [6.45, 7) is 8.88. The molecule has 4 heteroatoms. The maximum absolute atomic E-state index is 4.57. The van der Waals surface area contributed by atoms with E-state index in [0.717, 1.165) is 42.4 Å². The maximum atomic E-state index is 4.57. The van der Waals surface area contributed by atoms with Crippen LogP contribution >= 0.6 is 0 Å².